The zero-order valence-corrected chi connectivity index (χ0v) is 27.0. The normalized spacial score (nSPS) is 15.1. The average molecular weight is 655 g/mol. The second kappa shape index (κ2) is 18.6. The molecule has 0 spiro atoms. The highest BCUT2D eigenvalue weighted by Gasteiger charge is 2.24. The quantitative estimate of drug-likeness (QED) is 0.144. The summed E-state index contributed by atoms with van der Waals surface area (Å²) >= 11 is 2.90. The van der Waals surface area contributed by atoms with Crippen LogP contribution in [0.5, 0.6) is 0 Å². The first kappa shape index (κ1) is 36.2. The Balaban J connectivity index is 0.000000238. The number of carbonyl (C=O) groups is 2. The molecule has 4 N–H and O–H groups in total. The summed E-state index contributed by atoms with van der Waals surface area (Å²) in [5, 5.41) is 7.04. The van der Waals surface area contributed by atoms with Crippen LogP contribution in [0.1, 0.15) is 66.9 Å². The molecule has 0 aliphatic carbocycles. The topological polar surface area (TPSA) is 183 Å². The zero-order valence-electron chi connectivity index (χ0n) is 24.6. The van der Waals surface area contributed by atoms with Gasteiger partial charge in [0.1, 0.15) is 18.0 Å². The number of nitrogens with zero attached hydrogens (tertiary/aromatic N) is 3. The van der Waals surface area contributed by atoms with Crippen LogP contribution in [0, 0.1) is 25.2 Å². The largest absolute Gasteiger partial charge is 0.466 e. The van der Waals surface area contributed by atoms with Crippen molar-refractivity contribution in [3.63, 3.8) is 0 Å². The minimum atomic E-state index is -0.413. The summed E-state index contributed by atoms with van der Waals surface area (Å²) in [7, 11) is 0. The molecule has 2 fully saturated rings. The van der Waals surface area contributed by atoms with Gasteiger partial charge in [0.25, 0.3) is 5.56 Å². The molecule has 15 heteroatoms. The predicted molar refractivity (Wildman–Crippen MR) is 168 cm³/mol. The predicted octanol–water partition coefficient (Wildman–Crippen LogP) is 4.19. The number of ether oxygens (including phenoxy) is 3. The molecule has 0 radical (unpaired) electrons. The number of aromatic nitrogens is 4. The highest BCUT2D eigenvalue weighted by molar-refractivity contribution is 7.13. The molecule has 3 aromatic heterocycles. The van der Waals surface area contributed by atoms with Crippen LogP contribution in [-0.4, -0.2) is 70.6 Å². The Hall–Kier alpha value is -3.04. The molecular weight excluding hydrogens is 616 g/mol. The van der Waals surface area contributed by atoms with Crippen molar-refractivity contribution < 1.29 is 23.8 Å². The summed E-state index contributed by atoms with van der Waals surface area (Å²) < 4.78 is 15.2. The van der Waals surface area contributed by atoms with E-state index in [-0.39, 0.29) is 41.9 Å². The third kappa shape index (κ3) is 11.5. The number of aryl methyl sites for hydroxylation is 2. The summed E-state index contributed by atoms with van der Waals surface area (Å²) in [6, 6.07) is 1.61. The average Bonchev–Trinajstić information content (AvgIpc) is 3.62. The van der Waals surface area contributed by atoms with Crippen LogP contribution in [0.15, 0.2) is 21.9 Å². The van der Waals surface area contributed by atoms with Crippen molar-refractivity contribution in [2.45, 2.75) is 58.8 Å². The standard InChI is InChI=1S/C13H15N3O2S.C10H16O4.C5H7N3S.ClH/c1-8-12(19-7-14-8)13-15-10(6-11(17)16-13)9-2-4-18-5-3-9;1-2-14-10(12)7-9(11)8-3-5-13-6-4-8;1-3-4(5(6)7)9-2-8-3;/h6-7,9H,2-5H2,1H3,(H,15,16,17);8H,2-7H2,1H3;2H,1H3,(H3,6,7);1H. The van der Waals surface area contributed by atoms with E-state index >= 15 is 0 Å². The number of ketones is 1. The lowest BCUT2D eigenvalue weighted by Gasteiger charge is -2.21. The number of Topliss-reactive ketones (excluding diaryl/α,β-unsaturated/α-hetero) is 1. The molecule has 5 rings (SSSR count). The van der Waals surface area contributed by atoms with Crippen molar-refractivity contribution in [3.05, 3.63) is 49.4 Å². The van der Waals surface area contributed by atoms with Gasteiger partial charge in [-0.15, -0.1) is 35.1 Å². The summed E-state index contributed by atoms with van der Waals surface area (Å²) in [6.07, 6.45) is 3.24. The minimum absolute atomic E-state index is 0. The van der Waals surface area contributed by atoms with E-state index in [4.69, 9.17) is 25.4 Å². The number of nitrogen functional groups attached to an aromatic ring is 1. The van der Waals surface area contributed by atoms with Gasteiger partial charge in [-0.05, 0) is 46.5 Å². The van der Waals surface area contributed by atoms with Gasteiger partial charge in [0.05, 0.1) is 44.5 Å². The molecule has 12 nitrogen and oxygen atoms in total. The van der Waals surface area contributed by atoms with E-state index in [1.807, 2.05) is 13.8 Å². The van der Waals surface area contributed by atoms with Crippen molar-refractivity contribution in [1.82, 2.24) is 19.9 Å². The first-order valence-corrected chi connectivity index (χ1v) is 15.6. The van der Waals surface area contributed by atoms with E-state index < -0.39 is 5.97 Å². The minimum Gasteiger partial charge on any atom is -0.466 e. The van der Waals surface area contributed by atoms with Crippen LogP contribution < -0.4 is 11.3 Å². The molecule has 0 saturated carbocycles. The van der Waals surface area contributed by atoms with Gasteiger partial charge in [0, 0.05) is 44.3 Å². The number of nitrogens with one attached hydrogen (secondary N) is 2. The van der Waals surface area contributed by atoms with E-state index in [0.717, 1.165) is 65.7 Å². The summed E-state index contributed by atoms with van der Waals surface area (Å²) in [4.78, 5) is 51.6. The van der Waals surface area contributed by atoms with E-state index in [0.29, 0.717) is 31.6 Å². The zero-order chi connectivity index (χ0) is 30.5. The first-order chi connectivity index (χ1) is 20.2. The molecular formula is C28H39ClN6O6S2. The molecule has 0 amide bonds. The van der Waals surface area contributed by atoms with Crippen LogP contribution in [0.25, 0.3) is 10.7 Å². The van der Waals surface area contributed by atoms with Crippen molar-refractivity contribution in [2.24, 2.45) is 11.7 Å². The highest BCUT2D eigenvalue weighted by Crippen LogP contribution is 2.28. The Labute approximate surface area is 264 Å². The Morgan fingerprint density at radius 2 is 1.65 bits per heavy atom. The smallest absolute Gasteiger partial charge is 0.313 e. The third-order valence-corrected chi connectivity index (χ3v) is 8.55. The SMILES string of the molecule is CCOC(=O)CC(=O)C1CCOCC1.Cc1ncsc1-c1nc(C2CCOCC2)cc(=O)[nH]1.Cc1ncsc1C(=N)N.Cl. The van der Waals surface area contributed by atoms with E-state index in [1.165, 1.54) is 22.7 Å². The van der Waals surface area contributed by atoms with Gasteiger partial charge in [-0.25, -0.2) is 15.0 Å². The fourth-order valence-corrected chi connectivity index (χ4v) is 5.81. The summed E-state index contributed by atoms with van der Waals surface area (Å²) in [6.45, 7) is 8.57. The number of hydrogen-bond donors (Lipinski definition) is 3. The second-order valence-electron chi connectivity index (χ2n) is 9.69. The molecule has 0 atom stereocenters. The third-order valence-electron chi connectivity index (χ3n) is 6.65. The number of hydrogen-bond acceptors (Lipinski definition) is 12. The Morgan fingerprint density at radius 3 is 2.16 bits per heavy atom. The van der Waals surface area contributed by atoms with Crippen molar-refractivity contribution in [3.8, 4) is 10.7 Å². The number of carbonyl (C=O) groups excluding carboxylic acids is 2. The Morgan fingerprint density at radius 1 is 1.05 bits per heavy atom. The number of nitrogens with two attached hydrogens (primary N) is 1. The fourth-order valence-electron chi connectivity index (χ4n) is 4.39. The monoisotopic (exact) mass is 654 g/mol. The lowest BCUT2D eigenvalue weighted by Crippen LogP contribution is -2.25. The van der Waals surface area contributed by atoms with E-state index in [1.54, 1.807) is 24.0 Å². The van der Waals surface area contributed by atoms with Crippen molar-refractivity contribution >= 4 is 52.7 Å². The number of thiazole rings is 2. The highest BCUT2D eigenvalue weighted by atomic mass is 35.5. The Bertz CT molecular complexity index is 1380. The second-order valence-corrected chi connectivity index (χ2v) is 11.4. The van der Waals surface area contributed by atoms with Crippen LogP contribution in [0.3, 0.4) is 0 Å². The maximum Gasteiger partial charge on any atom is 0.313 e. The molecule has 43 heavy (non-hydrogen) atoms. The van der Waals surface area contributed by atoms with E-state index in [2.05, 4.69) is 19.9 Å². The number of aromatic amines is 1. The van der Waals surface area contributed by atoms with Crippen LogP contribution in [-0.2, 0) is 23.8 Å². The first-order valence-electron chi connectivity index (χ1n) is 13.8. The van der Waals surface area contributed by atoms with Crippen LogP contribution in [0.4, 0.5) is 0 Å². The fraction of sp³-hybridized carbons (Fsp3) is 0.536. The van der Waals surface area contributed by atoms with Crippen molar-refractivity contribution in [2.75, 3.05) is 33.0 Å². The number of rotatable bonds is 7. The molecule has 2 aliphatic heterocycles. The molecule has 2 aliphatic rings. The van der Waals surface area contributed by atoms with Gasteiger partial charge in [-0.3, -0.25) is 19.8 Å². The Kier molecular flexibility index (Phi) is 15.6. The van der Waals surface area contributed by atoms with Gasteiger partial charge < -0.3 is 24.9 Å². The van der Waals surface area contributed by atoms with Gasteiger partial charge in [0.2, 0.25) is 0 Å². The van der Waals surface area contributed by atoms with Gasteiger partial charge >= 0.3 is 5.97 Å². The molecule has 0 unspecified atom stereocenters. The lowest BCUT2D eigenvalue weighted by atomic mass is 9.94. The number of amidine groups is 1. The lowest BCUT2D eigenvalue weighted by molar-refractivity contribution is -0.146. The number of esters is 1. The summed E-state index contributed by atoms with van der Waals surface area (Å²) in [5.41, 5.74) is 11.2. The number of H-pyrrole nitrogens is 1. The molecule has 3 aromatic rings. The maximum absolute atomic E-state index is 11.8. The maximum atomic E-state index is 11.8. The van der Waals surface area contributed by atoms with Gasteiger partial charge in [-0.1, -0.05) is 0 Å². The van der Waals surface area contributed by atoms with Gasteiger partial charge in [0.15, 0.2) is 5.82 Å². The molecule has 0 bridgehead atoms. The van der Waals surface area contributed by atoms with Gasteiger partial charge in [-0.2, -0.15) is 0 Å². The van der Waals surface area contributed by atoms with Crippen LogP contribution >= 0.6 is 35.1 Å². The summed E-state index contributed by atoms with van der Waals surface area (Å²) in [5.74, 6) is 0.635. The van der Waals surface area contributed by atoms with Crippen LogP contribution in [0.2, 0.25) is 0 Å². The molecule has 0 aromatic carbocycles. The molecule has 236 valence electrons. The van der Waals surface area contributed by atoms with Crippen molar-refractivity contribution in [1.29, 1.82) is 5.41 Å². The number of halogens is 1. The molecule has 2 saturated heterocycles. The van der Waals surface area contributed by atoms with E-state index in [9.17, 15) is 14.4 Å². The molecule has 5 heterocycles.